The number of hydrogen-bond acceptors (Lipinski definition) is 4. The molecular weight excluding hydrogens is 260 g/mol. The number of rotatable bonds is 6. The number of nitrogens with zero attached hydrogens (tertiary/aromatic N) is 1. The molecule has 1 atom stereocenters. The summed E-state index contributed by atoms with van der Waals surface area (Å²) in [4.78, 5) is 11.5. The predicted molar refractivity (Wildman–Crippen MR) is 77.5 cm³/mol. The van der Waals surface area contributed by atoms with Gasteiger partial charge in [0, 0.05) is 23.1 Å². The van der Waals surface area contributed by atoms with Crippen molar-refractivity contribution in [3.63, 3.8) is 0 Å². The Balaban J connectivity index is 2.11. The van der Waals surface area contributed by atoms with Crippen LogP contribution in [-0.2, 0) is 6.42 Å². The first-order valence-corrected chi connectivity index (χ1v) is 7.08. The van der Waals surface area contributed by atoms with E-state index in [1.165, 1.54) is 4.88 Å². The standard InChI is InChI=1S/C14H16N2O2S/c1-2-15-13(14-4-3-9-19-14)10-11-5-7-12(8-6-11)16(17)18/h3-9,13,15H,2,10H2,1H3. The van der Waals surface area contributed by atoms with Gasteiger partial charge in [0.05, 0.1) is 4.92 Å². The predicted octanol–water partition coefficient (Wildman–Crippen LogP) is 3.55. The smallest absolute Gasteiger partial charge is 0.269 e. The van der Waals surface area contributed by atoms with Crippen LogP contribution in [0.2, 0.25) is 0 Å². The maximum Gasteiger partial charge on any atom is 0.269 e. The molecule has 4 nitrogen and oxygen atoms in total. The van der Waals surface area contributed by atoms with Crippen molar-refractivity contribution in [1.82, 2.24) is 5.32 Å². The van der Waals surface area contributed by atoms with Crippen molar-refractivity contribution >= 4 is 17.0 Å². The molecule has 2 rings (SSSR count). The molecule has 1 aromatic carbocycles. The SMILES string of the molecule is CCNC(Cc1ccc([N+](=O)[O-])cc1)c1cccs1. The van der Waals surface area contributed by atoms with Gasteiger partial charge in [-0.3, -0.25) is 10.1 Å². The lowest BCUT2D eigenvalue weighted by molar-refractivity contribution is -0.384. The largest absolute Gasteiger partial charge is 0.309 e. The highest BCUT2D eigenvalue weighted by atomic mass is 32.1. The number of nitro groups is 1. The second kappa shape index (κ2) is 6.45. The van der Waals surface area contributed by atoms with Crippen LogP contribution in [0.25, 0.3) is 0 Å². The van der Waals surface area contributed by atoms with Crippen molar-refractivity contribution < 1.29 is 4.92 Å². The van der Waals surface area contributed by atoms with Gasteiger partial charge in [0.15, 0.2) is 0 Å². The first kappa shape index (κ1) is 13.7. The van der Waals surface area contributed by atoms with Crippen LogP contribution in [0.4, 0.5) is 5.69 Å². The van der Waals surface area contributed by atoms with Gasteiger partial charge in [0.2, 0.25) is 0 Å². The lowest BCUT2D eigenvalue weighted by atomic mass is 10.0. The highest BCUT2D eigenvalue weighted by Crippen LogP contribution is 2.23. The molecule has 0 spiro atoms. The van der Waals surface area contributed by atoms with Crippen LogP contribution < -0.4 is 5.32 Å². The number of likely N-dealkylation sites (N-methyl/N-ethyl adjacent to an activating group) is 1. The molecule has 0 radical (unpaired) electrons. The summed E-state index contributed by atoms with van der Waals surface area (Å²) >= 11 is 1.73. The van der Waals surface area contributed by atoms with Crippen LogP contribution in [0.1, 0.15) is 23.4 Å². The molecule has 0 fully saturated rings. The number of benzene rings is 1. The van der Waals surface area contributed by atoms with Gasteiger partial charge >= 0.3 is 0 Å². The van der Waals surface area contributed by atoms with E-state index in [2.05, 4.69) is 23.7 Å². The lowest BCUT2D eigenvalue weighted by Crippen LogP contribution is -2.22. The van der Waals surface area contributed by atoms with E-state index in [4.69, 9.17) is 0 Å². The molecule has 0 aliphatic heterocycles. The summed E-state index contributed by atoms with van der Waals surface area (Å²) in [7, 11) is 0. The zero-order valence-corrected chi connectivity index (χ0v) is 11.5. The highest BCUT2D eigenvalue weighted by molar-refractivity contribution is 7.10. The number of hydrogen-bond donors (Lipinski definition) is 1. The van der Waals surface area contributed by atoms with Gasteiger partial charge in [-0.05, 0) is 30.0 Å². The summed E-state index contributed by atoms with van der Waals surface area (Å²) in [6.07, 6.45) is 0.840. The average Bonchev–Trinajstić information content (AvgIpc) is 2.92. The maximum absolute atomic E-state index is 10.6. The molecule has 19 heavy (non-hydrogen) atoms. The van der Waals surface area contributed by atoms with E-state index in [-0.39, 0.29) is 16.7 Å². The quantitative estimate of drug-likeness (QED) is 0.648. The van der Waals surface area contributed by atoms with E-state index in [9.17, 15) is 10.1 Å². The number of non-ortho nitro benzene ring substituents is 1. The van der Waals surface area contributed by atoms with E-state index in [1.807, 2.05) is 18.2 Å². The van der Waals surface area contributed by atoms with E-state index in [0.717, 1.165) is 18.5 Å². The molecule has 100 valence electrons. The minimum Gasteiger partial charge on any atom is -0.309 e. The molecule has 1 aromatic heterocycles. The van der Waals surface area contributed by atoms with Gasteiger partial charge in [-0.25, -0.2) is 0 Å². The minimum atomic E-state index is -0.370. The van der Waals surface area contributed by atoms with Gasteiger partial charge in [0.1, 0.15) is 0 Å². The zero-order valence-electron chi connectivity index (χ0n) is 10.7. The third-order valence-corrected chi connectivity index (χ3v) is 3.91. The zero-order chi connectivity index (χ0) is 13.7. The van der Waals surface area contributed by atoms with Crippen LogP contribution in [0.15, 0.2) is 41.8 Å². The van der Waals surface area contributed by atoms with Crippen LogP contribution >= 0.6 is 11.3 Å². The van der Waals surface area contributed by atoms with Crippen molar-refractivity contribution in [3.8, 4) is 0 Å². The van der Waals surface area contributed by atoms with E-state index >= 15 is 0 Å². The lowest BCUT2D eigenvalue weighted by Gasteiger charge is -2.16. The van der Waals surface area contributed by atoms with E-state index in [1.54, 1.807) is 23.5 Å². The average molecular weight is 276 g/mol. The number of nitro benzene ring substituents is 1. The molecule has 0 saturated heterocycles. The van der Waals surface area contributed by atoms with Gasteiger partial charge in [-0.2, -0.15) is 0 Å². The Morgan fingerprint density at radius 1 is 1.32 bits per heavy atom. The molecule has 1 unspecified atom stereocenters. The van der Waals surface area contributed by atoms with Crippen molar-refractivity contribution in [2.45, 2.75) is 19.4 Å². The number of thiophene rings is 1. The molecule has 1 heterocycles. The van der Waals surface area contributed by atoms with Crippen LogP contribution in [-0.4, -0.2) is 11.5 Å². The van der Waals surface area contributed by atoms with Crippen LogP contribution in [0, 0.1) is 10.1 Å². The first-order chi connectivity index (χ1) is 9.20. The maximum atomic E-state index is 10.6. The second-order valence-electron chi connectivity index (χ2n) is 4.25. The Labute approximate surface area is 116 Å². The molecule has 1 N–H and O–H groups in total. The molecule has 0 aliphatic carbocycles. The summed E-state index contributed by atoms with van der Waals surface area (Å²) in [5.41, 5.74) is 1.24. The van der Waals surface area contributed by atoms with Gasteiger partial charge in [0.25, 0.3) is 5.69 Å². The van der Waals surface area contributed by atoms with Crippen molar-refractivity contribution in [2.24, 2.45) is 0 Å². The molecule has 0 saturated carbocycles. The molecule has 0 bridgehead atoms. The van der Waals surface area contributed by atoms with E-state index < -0.39 is 0 Å². The van der Waals surface area contributed by atoms with Gasteiger partial charge in [-0.1, -0.05) is 25.1 Å². The molecule has 0 amide bonds. The summed E-state index contributed by atoms with van der Waals surface area (Å²) in [6.45, 7) is 2.98. The van der Waals surface area contributed by atoms with Crippen molar-refractivity contribution in [1.29, 1.82) is 0 Å². The summed E-state index contributed by atoms with van der Waals surface area (Å²) < 4.78 is 0. The van der Waals surface area contributed by atoms with Crippen LogP contribution in [0.5, 0.6) is 0 Å². The fourth-order valence-electron chi connectivity index (χ4n) is 2.00. The van der Waals surface area contributed by atoms with Gasteiger partial charge in [-0.15, -0.1) is 11.3 Å². The van der Waals surface area contributed by atoms with Crippen LogP contribution in [0.3, 0.4) is 0 Å². The Kier molecular flexibility index (Phi) is 4.65. The normalized spacial score (nSPS) is 12.3. The molecule has 0 aliphatic rings. The Morgan fingerprint density at radius 3 is 2.58 bits per heavy atom. The highest BCUT2D eigenvalue weighted by Gasteiger charge is 2.13. The molecule has 5 heteroatoms. The summed E-state index contributed by atoms with van der Waals surface area (Å²) in [5, 5.41) is 16.1. The Morgan fingerprint density at radius 2 is 2.05 bits per heavy atom. The topological polar surface area (TPSA) is 55.2 Å². The Bertz CT molecular complexity index is 523. The summed E-state index contributed by atoms with van der Waals surface area (Å²) in [6, 6.07) is 11.2. The molecule has 2 aromatic rings. The number of nitrogens with one attached hydrogen (secondary N) is 1. The third kappa shape index (κ3) is 3.62. The minimum absolute atomic E-state index is 0.139. The monoisotopic (exact) mass is 276 g/mol. The van der Waals surface area contributed by atoms with E-state index in [0.29, 0.717) is 0 Å². The van der Waals surface area contributed by atoms with Gasteiger partial charge < -0.3 is 5.32 Å². The third-order valence-electron chi connectivity index (χ3n) is 2.92. The summed E-state index contributed by atoms with van der Waals surface area (Å²) in [5.74, 6) is 0. The van der Waals surface area contributed by atoms with Crippen molar-refractivity contribution in [2.75, 3.05) is 6.54 Å². The van der Waals surface area contributed by atoms with Crippen molar-refractivity contribution in [3.05, 3.63) is 62.3 Å². The second-order valence-corrected chi connectivity index (χ2v) is 5.23. The Hall–Kier alpha value is -1.72. The fraction of sp³-hybridized carbons (Fsp3) is 0.286. The molecular formula is C14H16N2O2S. The fourth-order valence-corrected chi connectivity index (χ4v) is 2.80. The first-order valence-electron chi connectivity index (χ1n) is 6.21.